The largest absolute Gasteiger partial charge is 0.340 e. The summed E-state index contributed by atoms with van der Waals surface area (Å²) in [6.07, 6.45) is 0.375. The number of nitrogens with zero attached hydrogens (tertiary/aromatic N) is 4. The van der Waals surface area contributed by atoms with Gasteiger partial charge in [0.2, 0.25) is 5.91 Å². The molecular formula is C16H22N4O3S2. The van der Waals surface area contributed by atoms with Gasteiger partial charge in [-0.2, -0.15) is 9.40 Å². The van der Waals surface area contributed by atoms with Crippen molar-refractivity contribution >= 4 is 27.3 Å². The summed E-state index contributed by atoms with van der Waals surface area (Å²) in [5.74, 6) is 0.0423. The number of thiophene rings is 1. The zero-order chi connectivity index (χ0) is 18.0. The van der Waals surface area contributed by atoms with E-state index >= 15 is 0 Å². The van der Waals surface area contributed by atoms with Crippen molar-refractivity contribution < 1.29 is 13.2 Å². The first kappa shape index (κ1) is 18.1. The maximum Gasteiger partial charge on any atom is 0.252 e. The summed E-state index contributed by atoms with van der Waals surface area (Å²) < 4.78 is 28.7. The number of carbonyl (C=O) groups excluding carboxylic acids is 1. The second-order valence-electron chi connectivity index (χ2n) is 6.12. The van der Waals surface area contributed by atoms with E-state index in [1.165, 1.54) is 15.6 Å². The van der Waals surface area contributed by atoms with E-state index < -0.39 is 10.0 Å². The van der Waals surface area contributed by atoms with Crippen molar-refractivity contribution in [2.24, 2.45) is 0 Å². The van der Waals surface area contributed by atoms with Crippen LogP contribution in [-0.2, 0) is 21.4 Å². The normalized spacial score (nSPS) is 16.3. The SMILES string of the molecule is Cc1cc(C)n(CCC(=O)N2CCN(S(=O)(=O)c3cccs3)CC2)n1. The molecule has 1 aliphatic heterocycles. The number of carbonyl (C=O) groups is 1. The molecule has 2 aromatic rings. The molecule has 1 fully saturated rings. The topological polar surface area (TPSA) is 75.5 Å². The predicted molar refractivity (Wildman–Crippen MR) is 96.0 cm³/mol. The zero-order valence-electron chi connectivity index (χ0n) is 14.4. The molecule has 7 nitrogen and oxygen atoms in total. The third-order valence-corrected chi connectivity index (χ3v) is 7.59. The van der Waals surface area contributed by atoms with Crippen molar-refractivity contribution in [2.75, 3.05) is 26.2 Å². The lowest BCUT2D eigenvalue weighted by atomic mass is 10.3. The molecule has 0 atom stereocenters. The first-order chi connectivity index (χ1) is 11.9. The van der Waals surface area contributed by atoms with Crippen molar-refractivity contribution in [3.05, 3.63) is 35.0 Å². The van der Waals surface area contributed by atoms with Gasteiger partial charge in [-0.1, -0.05) is 6.07 Å². The van der Waals surface area contributed by atoms with Gasteiger partial charge in [0.15, 0.2) is 0 Å². The average molecular weight is 383 g/mol. The van der Waals surface area contributed by atoms with Crippen molar-refractivity contribution in [1.82, 2.24) is 19.0 Å². The fourth-order valence-corrected chi connectivity index (χ4v) is 5.54. The van der Waals surface area contributed by atoms with E-state index in [4.69, 9.17) is 0 Å². The Kier molecular flexibility index (Phi) is 5.26. The molecule has 1 aliphatic rings. The van der Waals surface area contributed by atoms with Crippen LogP contribution in [0.25, 0.3) is 0 Å². The first-order valence-corrected chi connectivity index (χ1v) is 10.5. The lowest BCUT2D eigenvalue weighted by molar-refractivity contribution is -0.132. The third kappa shape index (κ3) is 3.94. The zero-order valence-corrected chi connectivity index (χ0v) is 16.0. The van der Waals surface area contributed by atoms with Crippen LogP contribution in [0.3, 0.4) is 0 Å². The Morgan fingerprint density at radius 2 is 1.96 bits per heavy atom. The summed E-state index contributed by atoms with van der Waals surface area (Å²) in [4.78, 5) is 14.1. The van der Waals surface area contributed by atoms with Crippen LogP contribution in [0.2, 0.25) is 0 Å². The second kappa shape index (κ2) is 7.27. The number of rotatable bonds is 5. The van der Waals surface area contributed by atoms with E-state index in [0.29, 0.717) is 43.4 Å². The molecule has 25 heavy (non-hydrogen) atoms. The summed E-state index contributed by atoms with van der Waals surface area (Å²) >= 11 is 1.22. The van der Waals surface area contributed by atoms with Crippen molar-refractivity contribution in [2.45, 2.75) is 31.0 Å². The number of hydrogen-bond acceptors (Lipinski definition) is 5. The maximum absolute atomic E-state index is 12.5. The van der Waals surface area contributed by atoms with Crippen molar-refractivity contribution in [1.29, 1.82) is 0 Å². The Labute approximate surface area is 151 Å². The van der Waals surface area contributed by atoms with Crippen LogP contribution in [0.4, 0.5) is 0 Å². The van der Waals surface area contributed by atoms with Crippen LogP contribution < -0.4 is 0 Å². The molecule has 1 saturated heterocycles. The summed E-state index contributed by atoms with van der Waals surface area (Å²) in [7, 11) is -3.43. The standard InChI is InChI=1S/C16H22N4O3S2/c1-13-12-14(2)20(17-13)6-5-15(21)18-7-9-19(10-8-18)25(22,23)16-4-3-11-24-16/h3-4,11-12H,5-10H2,1-2H3. The van der Waals surface area contributed by atoms with E-state index in [9.17, 15) is 13.2 Å². The van der Waals surface area contributed by atoms with Crippen LogP contribution in [0.1, 0.15) is 17.8 Å². The van der Waals surface area contributed by atoms with E-state index in [1.807, 2.05) is 24.6 Å². The fraction of sp³-hybridized carbons (Fsp3) is 0.500. The molecular weight excluding hydrogens is 360 g/mol. The number of aryl methyl sites for hydroxylation is 3. The minimum Gasteiger partial charge on any atom is -0.340 e. The first-order valence-electron chi connectivity index (χ1n) is 8.20. The number of piperazine rings is 1. The van der Waals surface area contributed by atoms with Gasteiger partial charge >= 0.3 is 0 Å². The molecule has 2 aromatic heterocycles. The van der Waals surface area contributed by atoms with Gasteiger partial charge in [0, 0.05) is 44.8 Å². The maximum atomic E-state index is 12.5. The molecule has 3 heterocycles. The number of amides is 1. The van der Waals surface area contributed by atoms with Crippen LogP contribution in [0, 0.1) is 13.8 Å². The molecule has 0 bridgehead atoms. The molecule has 0 N–H and O–H groups in total. The minimum absolute atomic E-state index is 0.0423. The second-order valence-corrected chi connectivity index (χ2v) is 9.23. The molecule has 0 radical (unpaired) electrons. The van der Waals surface area contributed by atoms with Gasteiger partial charge in [-0.25, -0.2) is 8.42 Å². The summed E-state index contributed by atoms with van der Waals surface area (Å²) in [5, 5.41) is 6.12. The van der Waals surface area contributed by atoms with Crippen LogP contribution in [0.15, 0.2) is 27.8 Å². The average Bonchev–Trinajstić information content (AvgIpc) is 3.23. The highest BCUT2D eigenvalue weighted by Gasteiger charge is 2.30. The Morgan fingerprint density at radius 1 is 1.24 bits per heavy atom. The molecule has 0 aliphatic carbocycles. The van der Waals surface area contributed by atoms with Gasteiger partial charge in [-0.05, 0) is 31.4 Å². The molecule has 0 unspecified atom stereocenters. The number of aromatic nitrogens is 2. The quantitative estimate of drug-likeness (QED) is 0.785. The Balaban J connectivity index is 1.53. The Morgan fingerprint density at radius 3 is 2.52 bits per heavy atom. The van der Waals surface area contributed by atoms with Gasteiger partial charge in [0.05, 0.1) is 5.69 Å². The van der Waals surface area contributed by atoms with E-state index in [0.717, 1.165) is 11.4 Å². The Hall–Kier alpha value is -1.71. The number of hydrogen-bond donors (Lipinski definition) is 0. The molecule has 136 valence electrons. The van der Waals surface area contributed by atoms with E-state index in [1.54, 1.807) is 22.4 Å². The highest BCUT2D eigenvalue weighted by atomic mass is 32.2. The summed E-state index contributed by atoms with van der Waals surface area (Å²) in [5.41, 5.74) is 1.98. The van der Waals surface area contributed by atoms with Crippen LogP contribution >= 0.6 is 11.3 Å². The fourth-order valence-electron chi connectivity index (χ4n) is 2.98. The van der Waals surface area contributed by atoms with Gasteiger partial charge in [-0.3, -0.25) is 9.48 Å². The van der Waals surface area contributed by atoms with E-state index in [2.05, 4.69) is 5.10 Å². The van der Waals surface area contributed by atoms with Crippen LogP contribution in [-0.4, -0.2) is 59.5 Å². The molecule has 0 saturated carbocycles. The van der Waals surface area contributed by atoms with E-state index in [-0.39, 0.29) is 5.91 Å². The lowest BCUT2D eigenvalue weighted by Crippen LogP contribution is -2.50. The van der Waals surface area contributed by atoms with Crippen LogP contribution in [0.5, 0.6) is 0 Å². The smallest absolute Gasteiger partial charge is 0.252 e. The highest BCUT2D eigenvalue weighted by molar-refractivity contribution is 7.91. The third-order valence-electron chi connectivity index (χ3n) is 4.32. The highest BCUT2D eigenvalue weighted by Crippen LogP contribution is 2.22. The number of sulfonamides is 1. The minimum atomic E-state index is -3.43. The monoisotopic (exact) mass is 382 g/mol. The summed E-state index contributed by atoms with van der Waals surface area (Å²) in [6, 6.07) is 5.33. The van der Waals surface area contributed by atoms with Gasteiger partial charge in [0.1, 0.15) is 4.21 Å². The van der Waals surface area contributed by atoms with Gasteiger partial charge < -0.3 is 4.90 Å². The predicted octanol–water partition coefficient (Wildman–Crippen LogP) is 1.48. The Bertz CT molecular complexity index is 835. The van der Waals surface area contributed by atoms with Crippen molar-refractivity contribution in [3.8, 4) is 0 Å². The van der Waals surface area contributed by atoms with Gasteiger partial charge in [0.25, 0.3) is 10.0 Å². The van der Waals surface area contributed by atoms with Crippen molar-refractivity contribution in [3.63, 3.8) is 0 Å². The molecule has 1 amide bonds. The molecule has 9 heteroatoms. The molecule has 0 spiro atoms. The molecule has 0 aromatic carbocycles. The van der Waals surface area contributed by atoms with Gasteiger partial charge in [-0.15, -0.1) is 11.3 Å². The molecule has 3 rings (SSSR count). The lowest BCUT2D eigenvalue weighted by Gasteiger charge is -2.33. The summed E-state index contributed by atoms with van der Waals surface area (Å²) in [6.45, 7) is 5.99.